The molecule has 0 atom stereocenters. The van der Waals surface area contributed by atoms with E-state index in [0.29, 0.717) is 11.8 Å². The SMILES string of the molecule is COCCCNc1nc(NN)ncc1Br. The van der Waals surface area contributed by atoms with Crippen molar-refractivity contribution in [2.24, 2.45) is 5.84 Å². The monoisotopic (exact) mass is 275 g/mol. The first kappa shape index (κ1) is 12.2. The van der Waals surface area contributed by atoms with Crippen molar-refractivity contribution in [2.45, 2.75) is 6.42 Å². The molecule has 84 valence electrons. The second-order valence-corrected chi connectivity index (χ2v) is 3.66. The van der Waals surface area contributed by atoms with Gasteiger partial charge in [0.2, 0.25) is 5.95 Å². The Bertz CT molecular complexity index is 309. The van der Waals surface area contributed by atoms with Crippen molar-refractivity contribution < 1.29 is 4.74 Å². The predicted octanol–water partition coefficient (Wildman–Crippen LogP) is 0.973. The smallest absolute Gasteiger partial charge is 0.239 e. The summed E-state index contributed by atoms with van der Waals surface area (Å²) in [5.74, 6) is 6.31. The molecule has 0 spiro atoms. The van der Waals surface area contributed by atoms with E-state index in [9.17, 15) is 0 Å². The van der Waals surface area contributed by atoms with Gasteiger partial charge in [0, 0.05) is 26.5 Å². The Morgan fingerprint density at radius 2 is 2.40 bits per heavy atom. The van der Waals surface area contributed by atoms with Gasteiger partial charge >= 0.3 is 0 Å². The summed E-state index contributed by atoms with van der Waals surface area (Å²) in [5.41, 5.74) is 2.39. The summed E-state index contributed by atoms with van der Waals surface area (Å²) in [6.45, 7) is 1.51. The fraction of sp³-hybridized carbons (Fsp3) is 0.500. The third-order valence-corrected chi connectivity index (χ3v) is 2.27. The molecule has 7 heteroatoms. The number of hydrogen-bond donors (Lipinski definition) is 3. The van der Waals surface area contributed by atoms with Crippen LogP contribution in [0.3, 0.4) is 0 Å². The molecule has 0 aliphatic heterocycles. The molecule has 0 aliphatic carbocycles. The van der Waals surface area contributed by atoms with Gasteiger partial charge in [-0.1, -0.05) is 0 Å². The zero-order valence-corrected chi connectivity index (χ0v) is 10.0. The summed E-state index contributed by atoms with van der Waals surface area (Å²) in [7, 11) is 1.68. The Hall–Kier alpha value is -0.920. The van der Waals surface area contributed by atoms with Gasteiger partial charge in [0.15, 0.2) is 0 Å². The molecule has 1 heterocycles. The molecule has 0 unspecified atom stereocenters. The quantitative estimate of drug-likeness (QED) is 0.408. The number of nitrogens with zero attached hydrogens (tertiary/aromatic N) is 2. The molecule has 1 aromatic rings. The zero-order valence-electron chi connectivity index (χ0n) is 8.46. The van der Waals surface area contributed by atoms with Crippen molar-refractivity contribution in [3.05, 3.63) is 10.7 Å². The van der Waals surface area contributed by atoms with Crippen molar-refractivity contribution >= 4 is 27.7 Å². The fourth-order valence-corrected chi connectivity index (χ4v) is 1.32. The van der Waals surface area contributed by atoms with Gasteiger partial charge in [-0.2, -0.15) is 4.98 Å². The van der Waals surface area contributed by atoms with E-state index in [-0.39, 0.29) is 0 Å². The van der Waals surface area contributed by atoms with Gasteiger partial charge < -0.3 is 10.1 Å². The van der Waals surface area contributed by atoms with Crippen LogP contribution in [0.15, 0.2) is 10.7 Å². The molecule has 6 nitrogen and oxygen atoms in total. The molecule has 0 amide bonds. The lowest BCUT2D eigenvalue weighted by Crippen LogP contribution is -2.13. The molecule has 0 bridgehead atoms. The summed E-state index contributed by atoms with van der Waals surface area (Å²) >= 11 is 3.34. The van der Waals surface area contributed by atoms with Gasteiger partial charge in [-0.25, -0.2) is 10.8 Å². The van der Waals surface area contributed by atoms with E-state index >= 15 is 0 Å². The molecular weight excluding hydrogens is 262 g/mol. The molecule has 0 aromatic carbocycles. The van der Waals surface area contributed by atoms with Crippen LogP contribution in [0.2, 0.25) is 0 Å². The largest absolute Gasteiger partial charge is 0.385 e. The third-order valence-electron chi connectivity index (χ3n) is 1.69. The molecule has 0 saturated heterocycles. The van der Waals surface area contributed by atoms with Gasteiger partial charge in [0.05, 0.1) is 4.47 Å². The van der Waals surface area contributed by atoms with Crippen molar-refractivity contribution in [1.82, 2.24) is 9.97 Å². The topological polar surface area (TPSA) is 85.1 Å². The standard InChI is InChI=1S/C8H14BrN5O/c1-15-4-2-3-11-7-6(9)5-12-8(13-7)14-10/h5H,2-4,10H2,1H3,(H2,11,12,13,14). The highest BCUT2D eigenvalue weighted by molar-refractivity contribution is 9.10. The number of nitrogens with two attached hydrogens (primary N) is 1. The molecule has 0 aliphatic rings. The van der Waals surface area contributed by atoms with E-state index in [4.69, 9.17) is 10.6 Å². The maximum atomic E-state index is 5.21. The Kier molecular flexibility index (Phi) is 5.30. The summed E-state index contributed by atoms with van der Waals surface area (Å²) in [4.78, 5) is 8.09. The molecule has 0 radical (unpaired) electrons. The summed E-state index contributed by atoms with van der Waals surface area (Å²) < 4.78 is 5.74. The van der Waals surface area contributed by atoms with Crippen LogP contribution in [0.4, 0.5) is 11.8 Å². The van der Waals surface area contributed by atoms with Crippen LogP contribution >= 0.6 is 15.9 Å². The Labute approximate surface area is 96.7 Å². The van der Waals surface area contributed by atoms with Crippen LogP contribution in [0, 0.1) is 0 Å². The van der Waals surface area contributed by atoms with Crippen LogP contribution in [0.1, 0.15) is 6.42 Å². The van der Waals surface area contributed by atoms with Crippen LogP contribution in [0.25, 0.3) is 0 Å². The summed E-state index contributed by atoms with van der Waals surface area (Å²) in [6, 6.07) is 0. The molecule has 1 aromatic heterocycles. The van der Waals surface area contributed by atoms with Gasteiger partial charge in [-0.05, 0) is 22.4 Å². The van der Waals surface area contributed by atoms with E-state index in [1.54, 1.807) is 13.3 Å². The Morgan fingerprint density at radius 1 is 1.60 bits per heavy atom. The maximum absolute atomic E-state index is 5.21. The van der Waals surface area contributed by atoms with Crippen molar-refractivity contribution in [3.63, 3.8) is 0 Å². The van der Waals surface area contributed by atoms with Crippen molar-refractivity contribution in [2.75, 3.05) is 31.0 Å². The van der Waals surface area contributed by atoms with E-state index in [1.165, 1.54) is 0 Å². The zero-order chi connectivity index (χ0) is 11.1. The number of nitrogen functional groups attached to an aromatic ring is 1. The highest BCUT2D eigenvalue weighted by atomic mass is 79.9. The molecule has 15 heavy (non-hydrogen) atoms. The van der Waals surface area contributed by atoms with Gasteiger partial charge in [-0.15, -0.1) is 0 Å². The van der Waals surface area contributed by atoms with E-state index in [0.717, 1.165) is 24.0 Å². The number of aromatic nitrogens is 2. The van der Waals surface area contributed by atoms with Crippen LogP contribution in [0.5, 0.6) is 0 Å². The average Bonchev–Trinajstić information content (AvgIpc) is 2.26. The number of anilines is 2. The molecule has 1 rings (SSSR count). The van der Waals surface area contributed by atoms with Gasteiger partial charge in [0.25, 0.3) is 0 Å². The summed E-state index contributed by atoms with van der Waals surface area (Å²) in [5, 5.41) is 3.15. The molecule has 0 fully saturated rings. The Balaban J connectivity index is 2.51. The highest BCUT2D eigenvalue weighted by Crippen LogP contribution is 2.19. The lowest BCUT2D eigenvalue weighted by molar-refractivity contribution is 0.197. The molecular formula is C8H14BrN5O. The number of hydrazine groups is 1. The lowest BCUT2D eigenvalue weighted by Gasteiger charge is -2.08. The van der Waals surface area contributed by atoms with Gasteiger partial charge in [-0.3, -0.25) is 5.43 Å². The molecule has 0 saturated carbocycles. The number of rotatable bonds is 6. The van der Waals surface area contributed by atoms with Gasteiger partial charge in [0.1, 0.15) is 5.82 Å². The second-order valence-electron chi connectivity index (χ2n) is 2.81. The number of methoxy groups -OCH3 is 1. The maximum Gasteiger partial charge on any atom is 0.239 e. The Morgan fingerprint density at radius 3 is 3.07 bits per heavy atom. The normalized spacial score (nSPS) is 10.1. The summed E-state index contributed by atoms with van der Waals surface area (Å²) in [6.07, 6.45) is 2.55. The third kappa shape index (κ3) is 3.98. The number of halogens is 1. The first-order valence-corrected chi connectivity index (χ1v) is 5.29. The fourth-order valence-electron chi connectivity index (χ4n) is 0.984. The van der Waals surface area contributed by atoms with E-state index < -0.39 is 0 Å². The minimum atomic E-state index is 0.382. The van der Waals surface area contributed by atoms with E-state index in [1.807, 2.05) is 0 Å². The molecule has 4 N–H and O–H groups in total. The van der Waals surface area contributed by atoms with Crippen LogP contribution in [-0.4, -0.2) is 30.2 Å². The minimum absolute atomic E-state index is 0.382. The second kappa shape index (κ2) is 6.54. The highest BCUT2D eigenvalue weighted by Gasteiger charge is 2.02. The number of hydrogen-bond acceptors (Lipinski definition) is 6. The van der Waals surface area contributed by atoms with Crippen LogP contribution in [-0.2, 0) is 4.74 Å². The minimum Gasteiger partial charge on any atom is -0.385 e. The number of ether oxygens (including phenoxy) is 1. The van der Waals surface area contributed by atoms with E-state index in [2.05, 4.69) is 36.6 Å². The van der Waals surface area contributed by atoms with Crippen molar-refractivity contribution in [3.8, 4) is 0 Å². The first-order valence-electron chi connectivity index (χ1n) is 4.50. The average molecular weight is 276 g/mol. The number of nitrogens with one attached hydrogen (secondary N) is 2. The first-order chi connectivity index (χ1) is 7.27. The predicted molar refractivity (Wildman–Crippen MR) is 62.5 cm³/mol. The van der Waals surface area contributed by atoms with Crippen LogP contribution < -0.4 is 16.6 Å². The lowest BCUT2D eigenvalue weighted by atomic mass is 10.4. The van der Waals surface area contributed by atoms with Crippen molar-refractivity contribution in [1.29, 1.82) is 0 Å².